The minimum atomic E-state index is 0.162. The Hall–Kier alpha value is -4.72. The van der Waals surface area contributed by atoms with Crippen LogP contribution in [0.1, 0.15) is 30.5 Å². The molecule has 8 nitrogen and oxygen atoms in total. The maximum atomic E-state index is 5.26. The third-order valence-corrected chi connectivity index (χ3v) is 6.59. The van der Waals surface area contributed by atoms with Gasteiger partial charge in [0.1, 0.15) is 5.75 Å². The summed E-state index contributed by atoms with van der Waals surface area (Å²) in [5.74, 6) is 0.839. The number of rotatable bonds is 8. The van der Waals surface area contributed by atoms with Crippen LogP contribution in [0.25, 0.3) is 28.0 Å². The van der Waals surface area contributed by atoms with Gasteiger partial charge in [0.05, 0.1) is 61.4 Å². The van der Waals surface area contributed by atoms with Gasteiger partial charge in [0.2, 0.25) is 0 Å². The molecule has 0 fully saturated rings. The highest BCUT2D eigenvalue weighted by atomic mass is 16.5. The topological polar surface area (TPSA) is 75.1 Å². The van der Waals surface area contributed by atoms with Crippen molar-refractivity contribution in [1.82, 2.24) is 34.2 Å². The molecule has 0 radical (unpaired) electrons. The van der Waals surface area contributed by atoms with E-state index < -0.39 is 0 Å². The number of methoxy groups -OCH3 is 1. The Morgan fingerprint density at radius 2 is 1.65 bits per heavy atom. The molecule has 0 aliphatic heterocycles. The normalized spacial score (nSPS) is 12.2. The van der Waals surface area contributed by atoms with Crippen molar-refractivity contribution in [2.45, 2.75) is 25.9 Å². The van der Waals surface area contributed by atoms with Gasteiger partial charge in [0, 0.05) is 23.5 Å². The fourth-order valence-electron chi connectivity index (χ4n) is 4.66. The number of nitrogens with zero attached hydrogens (tertiary/aromatic N) is 7. The average molecular weight is 490 g/mol. The van der Waals surface area contributed by atoms with Crippen LogP contribution in [0.5, 0.6) is 5.75 Å². The summed E-state index contributed by atoms with van der Waals surface area (Å²) in [7, 11) is 1.67. The maximum Gasteiger partial charge on any atom is 0.118 e. The molecule has 0 amide bonds. The molecule has 0 N–H and O–H groups in total. The fourth-order valence-corrected chi connectivity index (χ4v) is 4.66. The Labute approximate surface area is 214 Å². The molecule has 37 heavy (non-hydrogen) atoms. The summed E-state index contributed by atoms with van der Waals surface area (Å²) >= 11 is 0. The number of fused-ring (bicyclic) bond motifs is 1. The Morgan fingerprint density at radius 1 is 0.838 bits per heavy atom. The summed E-state index contributed by atoms with van der Waals surface area (Å²) in [6.45, 7) is 2.84. The van der Waals surface area contributed by atoms with Crippen molar-refractivity contribution in [2.24, 2.45) is 0 Å². The molecule has 0 aliphatic rings. The van der Waals surface area contributed by atoms with Crippen LogP contribution in [0.2, 0.25) is 0 Å². The Bertz CT molecular complexity index is 1630. The molecule has 4 aromatic heterocycles. The molecule has 0 saturated carbocycles. The minimum absolute atomic E-state index is 0.162. The highest BCUT2D eigenvalue weighted by Crippen LogP contribution is 2.29. The molecular weight excluding hydrogens is 462 g/mol. The summed E-state index contributed by atoms with van der Waals surface area (Å²) in [6.07, 6.45) is 12.5. The molecule has 6 rings (SSSR count). The minimum Gasteiger partial charge on any atom is -0.497 e. The van der Waals surface area contributed by atoms with Crippen molar-refractivity contribution in [3.63, 3.8) is 0 Å². The lowest BCUT2D eigenvalue weighted by atomic mass is 10.1. The van der Waals surface area contributed by atoms with Crippen molar-refractivity contribution in [1.29, 1.82) is 0 Å². The second kappa shape index (κ2) is 9.73. The molecule has 1 unspecified atom stereocenters. The molecule has 0 spiro atoms. The summed E-state index contributed by atoms with van der Waals surface area (Å²) in [5.41, 5.74) is 6.83. The van der Waals surface area contributed by atoms with E-state index in [4.69, 9.17) is 14.8 Å². The number of aromatic nitrogens is 7. The van der Waals surface area contributed by atoms with Crippen LogP contribution in [0.4, 0.5) is 0 Å². The standard InChI is InChI=1S/C29H27N7O/c1-3-27(22-7-5-4-6-8-22)35-19-24(16-32-35)29-28-13-14-30-36(28)20-26(33-29)23-15-31-34(18-23)17-21-9-11-25(37-2)12-10-21/h4-16,18-20,27H,3,17H2,1-2H3. The first-order chi connectivity index (χ1) is 18.2. The zero-order chi connectivity index (χ0) is 25.2. The zero-order valence-electron chi connectivity index (χ0n) is 20.8. The van der Waals surface area contributed by atoms with Crippen molar-refractivity contribution < 1.29 is 4.74 Å². The van der Waals surface area contributed by atoms with Gasteiger partial charge in [-0.25, -0.2) is 9.50 Å². The third kappa shape index (κ3) is 4.49. The molecule has 6 aromatic rings. The first-order valence-electron chi connectivity index (χ1n) is 12.3. The summed E-state index contributed by atoms with van der Waals surface area (Å²) in [4.78, 5) is 5.04. The quantitative estimate of drug-likeness (QED) is 0.282. The number of hydrogen-bond donors (Lipinski definition) is 0. The van der Waals surface area contributed by atoms with Crippen LogP contribution in [0, 0.1) is 0 Å². The lowest BCUT2D eigenvalue weighted by molar-refractivity contribution is 0.414. The SMILES string of the molecule is CCC(c1ccccc1)n1cc(-c2nc(-c3cnn(Cc4ccc(OC)cc4)c3)cn3nccc23)cn1. The van der Waals surface area contributed by atoms with Crippen LogP contribution < -0.4 is 4.74 Å². The van der Waals surface area contributed by atoms with Gasteiger partial charge in [-0.15, -0.1) is 0 Å². The zero-order valence-corrected chi connectivity index (χ0v) is 20.8. The molecule has 184 valence electrons. The molecule has 4 heterocycles. The lowest BCUT2D eigenvalue weighted by Crippen LogP contribution is -2.09. The van der Waals surface area contributed by atoms with E-state index in [1.165, 1.54) is 5.56 Å². The van der Waals surface area contributed by atoms with E-state index >= 15 is 0 Å². The molecule has 1 atom stereocenters. The van der Waals surface area contributed by atoms with Crippen LogP contribution in [0.15, 0.2) is 97.8 Å². The van der Waals surface area contributed by atoms with E-state index in [1.807, 2.05) is 75.1 Å². The lowest BCUT2D eigenvalue weighted by Gasteiger charge is -2.15. The predicted octanol–water partition coefficient (Wildman–Crippen LogP) is 5.51. The van der Waals surface area contributed by atoms with Crippen LogP contribution in [0.3, 0.4) is 0 Å². The Kier molecular flexibility index (Phi) is 5.98. The van der Waals surface area contributed by atoms with E-state index in [2.05, 4.69) is 47.6 Å². The van der Waals surface area contributed by atoms with Crippen molar-refractivity contribution >= 4 is 5.52 Å². The number of hydrogen-bond acceptors (Lipinski definition) is 5. The number of ether oxygens (including phenoxy) is 1. The van der Waals surface area contributed by atoms with Crippen molar-refractivity contribution in [2.75, 3.05) is 7.11 Å². The van der Waals surface area contributed by atoms with E-state index in [1.54, 1.807) is 13.3 Å². The average Bonchev–Trinajstić information content (AvgIpc) is 3.71. The molecular formula is C29H27N7O. The largest absolute Gasteiger partial charge is 0.497 e. The van der Waals surface area contributed by atoms with Gasteiger partial charge in [-0.05, 0) is 35.7 Å². The second-order valence-electron chi connectivity index (χ2n) is 8.95. The molecule has 0 aliphatic carbocycles. The smallest absolute Gasteiger partial charge is 0.118 e. The highest BCUT2D eigenvalue weighted by molar-refractivity contribution is 5.78. The third-order valence-electron chi connectivity index (χ3n) is 6.59. The molecule has 0 saturated heterocycles. The van der Waals surface area contributed by atoms with Crippen molar-refractivity contribution in [3.8, 4) is 28.3 Å². The number of benzene rings is 2. The van der Waals surface area contributed by atoms with E-state index in [0.717, 1.165) is 45.8 Å². The Balaban J connectivity index is 1.32. The molecule has 2 aromatic carbocycles. The highest BCUT2D eigenvalue weighted by Gasteiger charge is 2.17. The van der Waals surface area contributed by atoms with E-state index in [9.17, 15) is 0 Å². The fraction of sp³-hybridized carbons (Fsp3) is 0.172. The van der Waals surface area contributed by atoms with Gasteiger partial charge in [-0.3, -0.25) is 9.36 Å². The van der Waals surface area contributed by atoms with E-state index in [-0.39, 0.29) is 6.04 Å². The molecule has 8 heteroatoms. The van der Waals surface area contributed by atoms with Crippen LogP contribution in [-0.4, -0.2) is 41.3 Å². The first-order valence-corrected chi connectivity index (χ1v) is 12.3. The van der Waals surface area contributed by atoms with Crippen LogP contribution in [-0.2, 0) is 6.54 Å². The van der Waals surface area contributed by atoms with Crippen molar-refractivity contribution in [3.05, 3.63) is 109 Å². The summed E-state index contributed by atoms with van der Waals surface area (Å²) in [6, 6.07) is 20.6. The predicted molar refractivity (Wildman–Crippen MR) is 142 cm³/mol. The maximum absolute atomic E-state index is 5.26. The van der Waals surface area contributed by atoms with Gasteiger partial charge < -0.3 is 4.74 Å². The van der Waals surface area contributed by atoms with E-state index in [0.29, 0.717) is 6.54 Å². The van der Waals surface area contributed by atoms with Gasteiger partial charge in [-0.2, -0.15) is 15.3 Å². The van der Waals surface area contributed by atoms with Gasteiger partial charge >= 0.3 is 0 Å². The summed E-state index contributed by atoms with van der Waals surface area (Å²) in [5, 5.41) is 13.8. The monoisotopic (exact) mass is 489 g/mol. The van der Waals surface area contributed by atoms with Gasteiger partial charge in [-0.1, -0.05) is 49.4 Å². The van der Waals surface area contributed by atoms with Crippen LogP contribution >= 0.6 is 0 Å². The first kappa shape index (κ1) is 22.7. The summed E-state index contributed by atoms with van der Waals surface area (Å²) < 4.78 is 11.1. The molecule has 0 bridgehead atoms. The Morgan fingerprint density at radius 3 is 2.43 bits per heavy atom. The van der Waals surface area contributed by atoms with Gasteiger partial charge in [0.15, 0.2) is 0 Å². The second-order valence-corrected chi connectivity index (χ2v) is 8.95. The van der Waals surface area contributed by atoms with Gasteiger partial charge in [0.25, 0.3) is 0 Å².